The molecule has 3 rings (SSSR count). The first-order valence-corrected chi connectivity index (χ1v) is 10.5. The van der Waals surface area contributed by atoms with Gasteiger partial charge in [0, 0.05) is 29.8 Å². The zero-order valence-corrected chi connectivity index (χ0v) is 17.7. The second-order valence-electron chi connectivity index (χ2n) is 7.59. The van der Waals surface area contributed by atoms with Crippen LogP contribution in [0, 0.1) is 5.92 Å². The first-order chi connectivity index (χ1) is 14.9. The Bertz CT molecular complexity index is 983. The Balaban J connectivity index is 1.58. The van der Waals surface area contributed by atoms with E-state index in [1.54, 1.807) is 26.2 Å². The van der Waals surface area contributed by atoms with Crippen LogP contribution in [0.25, 0.3) is 10.9 Å². The topological polar surface area (TPSA) is 129 Å². The molecule has 0 aliphatic carbocycles. The molecule has 9 heteroatoms. The van der Waals surface area contributed by atoms with Gasteiger partial charge in [-0.05, 0) is 37.5 Å². The Morgan fingerprint density at radius 2 is 2.10 bits per heavy atom. The van der Waals surface area contributed by atoms with Crippen LogP contribution < -0.4 is 20.7 Å². The minimum absolute atomic E-state index is 0.0862. The highest BCUT2D eigenvalue weighted by Crippen LogP contribution is 2.25. The number of carbonyl (C=O) groups excluding carboxylic acids is 4. The number of ketones is 1. The second-order valence-corrected chi connectivity index (χ2v) is 7.59. The molecular formula is C22H28N4O5. The van der Waals surface area contributed by atoms with E-state index in [0.29, 0.717) is 24.4 Å². The highest BCUT2D eigenvalue weighted by molar-refractivity contribution is 6.01. The summed E-state index contributed by atoms with van der Waals surface area (Å²) in [5.74, 6) is -0.815. The number of carbonyl (C=O) groups is 4. The van der Waals surface area contributed by atoms with Crippen LogP contribution in [0.5, 0.6) is 5.75 Å². The van der Waals surface area contributed by atoms with Crippen LogP contribution in [-0.4, -0.2) is 54.7 Å². The van der Waals surface area contributed by atoms with E-state index in [4.69, 9.17) is 4.74 Å². The lowest BCUT2D eigenvalue weighted by Crippen LogP contribution is -2.48. The van der Waals surface area contributed by atoms with Crippen LogP contribution in [0.4, 0.5) is 0 Å². The van der Waals surface area contributed by atoms with Crippen LogP contribution in [0.1, 0.15) is 43.1 Å². The monoisotopic (exact) mass is 428 g/mol. The summed E-state index contributed by atoms with van der Waals surface area (Å²) in [6.07, 6.45) is 2.06. The van der Waals surface area contributed by atoms with E-state index >= 15 is 0 Å². The predicted molar refractivity (Wildman–Crippen MR) is 115 cm³/mol. The van der Waals surface area contributed by atoms with Crippen molar-refractivity contribution in [2.24, 2.45) is 5.92 Å². The number of methoxy groups -OCH3 is 1. The number of amides is 3. The summed E-state index contributed by atoms with van der Waals surface area (Å²) in [5, 5.41) is 8.79. The quantitative estimate of drug-likeness (QED) is 0.478. The van der Waals surface area contributed by atoms with Gasteiger partial charge < -0.3 is 25.7 Å². The SMILES string of the molecule is CCC(=O)C(C[C@@H]1CCCNC1=O)NC(=O)CNC(=O)c1cc2c(OC)cccc2[nH]1. The fraction of sp³-hybridized carbons (Fsp3) is 0.455. The zero-order valence-electron chi connectivity index (χ0n) is 17.7. The smallest absolute Gasteiger partial charge is 0.268 e. The van der Waals surface area contributed by atoms with Gasteiger partial charge in [-0.3, -0.25) is 19.2 Å². The van der Waals surface area contributed by atoms with Crippen LogP contribution in [0.3, 0.4) is 0 Å². The molecule has 166 valence electrons. The van der Waals surface area contributed by atoms with Gasteiger partial charge >= 0.3 is 0 Å². The third-order valence-corrected chi connectivity index (χ3v) is 5.49. The highest BCUT2D eigenvalue weighted by Gasteiger charge is 2.29. The molecule has 0 radical (unpaired) electrons. The van der Waals surface area contributed by atoms with Crippen molar-refractivity contribution in [1.82, 2.24) is 20.9 Å². The van der Waals surface area contributed by atoms with E-state index in [1.807, 2.05) is 12.1 Å². The molecule has 0 spiro atoms. The largest absolute Gasteiger partial charge is 0.496 e. The van der Waals surface area contributed by atoms with Crippen molar-refractivity contribution in [2.75, 3.05) is 20.2 Å². The van der Waals surface area contributed by atoms with E-state index in [0.717, 1.165) is 17.3 Å². The second kappa shape index (κ2) is 10.1. The number of aromatic amines is 1. The Morgan fingerprint density at radius 1 is 1.29 bits per heavy atom. The Labute approximate surface area is 180 Å². The molecule has 2 atom stereocenters. The number of hydrogen-bond donors (Lipinski definition) is 4. The fourth-order valence-corrected chi connectivity index (χ4v) is 3.79. The van der Waals surface area contributed by atoms with Crippen molar-refractivity contribution in [2.45, 2.75) is 38.6 Å². The molecule has 1 aliphatic rings. The minimum atomic E-state index is -0.749. The number of aromatic nitrogens is 1. The highest BCUT2D eigenvalue weighted by atomic mass is 16.5. The van der Waals surface area contributed by atoms with Crippen molar-refractivity contribution in [1.29, 1.82) is 0 Å². The number of rotatable bonds is 9. The summed E-state index contributed by atoms with van der Waals surface area (Å²) in [5.41, 5.74) is 1.04. The van der Waals surface area contributed by atoms with Gasteiger partial charge in [0.25, 0.3) is 5.91 Å². The molecular weight excluding hydrogens is 400 g/mol. The van der Waals surface area contributed by atoms with Gasteiger partial charge in [-0.1, -0.05) is 13.0 Å². The van der Waals surface area contributed by atoms with Crippen molar-refractivity contribution in [3.8, 4) is 5.75 Å². The van der Waals surface area contributed by atoms with Crippen molar-refractivity contribution in [3.63, 3.8) is 0 Å². The molecule has 2 aromatic rings. The Kier molecular flexibility index (Phi) is 7.28. The average molecular weight is 428 g/mol. The summed E-state index contributed by atoms with van der Waals surface area (Å²) >= 11 is 0. The number of fused-ring (bicyclic) bond motifs is 1. The van der Waals surface area contributed by atoms with Gasteiger partial charge in [-0.15, -0.1) is 0 Å². The van der Waals surface area contributed by atoms with Crippen molar-refractivity contribution in [3.05, 3.63) is 30.0 Å². The Hall–Kier alpha value is -3.36. The number of piperidine rings is 1. The van der Waals surface area contributed by atoms with Crippen LogP contribution in [0.15, 0.2) is 24.3 Å². The van der Waals surface area contributed by atoms with Gasteiger partial charge in [0.2, 0.25) is 11.8 Å². The van der Waals surface area contributed by atoms with Crippen molar-refractivity contribution >= 4 is 34.4 Å². The molecule has 4 N–H and O–H groups in total. The minimum Gasteiger partial charge on any atom is -0.496 e. The number of nitrogens with one attached hydrogen (secondary N) is 4. The molecule has 31 heavy (non-hydrogen) atoms. The Morgan fingerprint density at radius 3 is 2.81 bits per heavy atom. The molecule has 1 fully saturated rings. The fourth-order valence-electron chi connectivity index (χ4n) is 3.79. The van der Waals surface area contributed by atoms with Crippen LogP contribution >= 0.6 is 0 Å². The number of Topliss-reactive ketones (excluding diaryl/α,β-unsaturated/α-hetero) is 1. The molecule has 0 bridgehead atoms. The summed E-state index contributed by atoms with van der Waals surface area (Å²) < 4.78 is 5.29. The molecule has 1 aromatic carbocycles. The van der Waals surface area contributed by atoms with Gasteiger partial charge in [0.15, 0.2) is 5.78 Å². The molecule has 1 aliphatic heterocycles. The molecule has 1 saturated heterocycles. The van der Waals surface area contributed by atoms with Gasteiger partial charge in [-0.25, -0.2) is 0 Å². The summed E-state index contributed by atoms with van der Waals surface area (Å²) in [7, 11) is 1.55. The predicted octanol–water partition coefficient (Wildman–Crippen LogP) is 1.29. The zero-order chi connectivity index (χ0) is 22.4. The maximum absolute atomic E-state index is 12.5. The van der Waals surface area contributed by atoms with Crippen molar-refractivity contribution < 1.29 is 23.9 Å². The first kappa shape index (κ1) is 22.3. The van der Waals surface area contributed by atoms with Gasteiger partial charge in [0.05, 0.1) is 19.7 Å². The number of hydrogen-bond acceptors (Lipinski definition) is 5. The molecule has 9 nitrogen and oxygen atoms in total. The molecule has 1 aromatic heterocycles. The normalized spacial score (nSPS) is 17.0. The number of benzene rings is 1. The van der Waals surface area contributed by atoms with E-state index in [9.17, 15) is 19.2 Å². The summed E-state index contributed by atoms with van der Waals surface area (Å²) in [6.45, 7) is 2.07. The lowest BCUT2D eigenvalue weighted by molar-refractivity contribution is -0.130. The maximum atomic E-state index is 12.5. The first-order valence-electron chi connectivity index (χ1n) is 10.5. The maximum Gasteiger partial charge on any atom is 0.268 e. The lowest BCUT2D eigenvalue weighted by atomic mass is 9.89. The van der Waals surface area contributed by atoms with Gasteiger partial charge in [-0.2, -0.15) is 0 Å². The average Bonchev–Trinajstić information content (AvgIpc) is 3.22. The molecule has 3 amide bonds. The van der Waals surface area contributed by atoms with E-state index in [2.05, 4.69) is 20.9 Å². The molecule has 0 saturated carbocycles. The standard InChI is InChI=1S/C22H28N4O5/c1-3-18(27)16(10-13-6-5-9-23-21(13)29)26-20(28)12-24-22(30)17-11-14-15(25-17)7-4-8-19(14)31-2/h4,7-8,11,13,16,25H,3,5-6,9-10,12H2,1-2H3,(H,23,29)(H,24,30)(H,26,28)/t13-,16?/m0/s1. The molecule has 2 heterocycles. The molecule has 1 unspecified atom stereocenters. The van der Waals surface area contributed by atoms with Crippen LogP contribution in [0.2, 0.25) is 0 Å². The van der Waals surface area contributed by atoms with E-state index < -0.39 is 17.9 Å². The third kappa shape index (κ3) is 5.42. The number of ether oxygens (including phenoxy) is 1. The summed E-state index contributed by atoms with van der Waals surface area (Å²) in [6, 6.07) is 6.34. The van der Waals surface area contributed by atoms with Crippen LogP contribution in [-0.2, 0) is 14.4 Å². The summed E-state index contributed by atoms with van der Waals surface area (Å²) in [4.78, 5) is 52.2. The third-order valence-electron chi connectivity index (χ3n) is 5.49. The van der Waals surface area contributed by atoms with Gasteiger partial charge in [0.1, 0.15) is 11.4 Å². The van der Waals surface area contributed by atoms with E-state index in [-0.39, 0.29) is 37.0 Å². The van der Waals surface area contributed by atoms with E-state index in [1.165, 1.54) is 0 Å². The lowest BCUT2D eigenvalue weighted by Gasteiger charge is -2.26. The number of H-pyrrole nitrogens is 1.